The molecule has 4 rings (SSSR count). The Labute approximate surface area is 172 Å². The molecule has 30 heavy (non-hydrogen) atoms. The largest absolute Gasteiger partial charge is 0.455 e. The van der Waals surface area contributed by atoms with Crippen LogP contribution in [0.5, 0.6) is 0 Å². The maximum Gasteiger partial charge on any atom is 0.289 e. The van der Waals surface area contributed by atoms with Gasteiger partial charge in [0.05, 0.1) is 5.69 Å². The minimum absolute atomic E-state index is 0.0228. The molecule has 1 amide bonds. The second-order valence-corrected chi connectivity index (χ2v) is 8.57. The Balaban J connectivity index is 1.48. The molecule has 1 fully saturated rings. The number of rotatable bonds is 4. The molecule has 0 bridgehead atoms. The first-order chi connectivity index (χ1) is 14.1. The summed E-state index contributed by atoms with van der Waals surface area (Å²) in [5, 5.41) is 4.05. The van der Waals surface area contributed by atoms with Crippen LogP contribution in [-0.2, 0) is 5.41 Å². The standard InChI is InChI=1S/C21H23F2N5O2/c1-21(2,3)17-6-5-16(30-17)19(29)27(4)13-7-12(8-13)9-14-10-15(18(22)23)26-20-24-11-25-28(14)20/h5-6,9-11,13,18H,7-8H2,1-4H3. The zero-order valence-corrected chi connectivity index (χ0v) is 17.3. The normalized spacial score (nSPS) is 16.8. The van der Waals surface area contributed by atoms with Crippen LogP contribution in [0.25, 0.3) is 11.9 Å². The van der Waals surface area contributed by atoms with Gasteiger partial charge in [-0.1, -0.05) is 26.3 Å². The molecule has 0 radical (unpaired) electrons. The highest BCUT2D eigenvalue weighted by Gasteiger charge is 2.32. The van der Waals surface area contributed by atoms with Crippen molar-refractivity contribution in [1.82, 2.24) is 24.5 Å². The number of carbonyl (C=O) groups excluding carboxylic acids is 1. The Morgan fingerprint density at radius 3 is 2.70 bits per heavy atom. The van der Waals surface area contributed by atoms with Gasteiger partial charge in [0, 0.05) is 18.5 Å². The van der Waals surface area contributed by atoms with Crippen molar-refractivity contribution in [3.05, 3.63) is 53.0 Å². The van der Waals surface area contributed by atoms with Crippen molar-refractivity contribution in [3.8, 4) is 0 Å². The number of nitrogens with zero attached hydrogens (tertiary/aromatic N) is 5. The third-order valence-electron chi connectivity index (χ3n) is 5.29. The van der Waals surface area contributed by atoms with E-state index >= 15 is 0 Å². The maximum absolute atomic E-state index is 13.1. The molecule has 158 valence electrons. The van der Waals surface area contributed by atoms with Crippen LogP contribution >= 0.6 is 0 Å². The van der Waals surface area contributed by atoms with Gasteiger partial charge in [-0.2, -0.15) is 14.6 Å². The smallest absolute Gasteiger partial charge is 0.289 e. The first-order valence-corrected chi connectivity index (χ1v) is 9.69. The molecule has 1 saturated carbocycles. The molecule has 0 aliphatic heterocycles. The van der Waals surface area contributed by atoms with Crippen molar-refractivity contribution in [2.24, 2.45) is 0 Å². The van der Waals surface area contributed by atoms with Crippen LogP contribution in [0.4, 0.5) is 8.78 Å². The fourth-order valence-corrected chi connectivity index (χ4v) is 3.41. The Morgan fingerprint density at radius 2 is 2.07 bits per heavy atom. The van der Waals surface area contributed by atoms with E-state index in [0.717, 1.165) is 11.3 Å². The lowest BCUT2D eigenvalue weighted by Gasteiger charge is -2.36. The van der Waals surface area contributed by atoms with Gasteiger partial charge >= 0.3 is 0 Å². The molecule has 7 nitrogen and oxygen atoms in total. The van der Waals surface area contributed by atoms with Crippen LogP contribution in [-0.4, -0.2) is 43.5 Å². The molecule has 0 spiro atoms. The fraction of sp³-hybridized carbons (Fsp3) is 0.429. The minimum atomic E-state index is -2.69. The van der Waals surface area contributed by atoms with Crippen LogP contribution in [0.15, 0.2) is 34.5 Å². The lowest BCUT2D eigenvalue weighted by Crippen LogP contribution is -2.42. The number of hydrogen-bond donors (Lipinski definition) is 0. The van der Waals surface area contributed by atoms with E-state index in [4.69, 9.17) is 4.42 Å². The Kier molecular flexibility index (Phi) is 4.91. The fourth-order valence-electron chi connectivity index (χ4n) is 3.41. The van der Waals surface area contributed by atoms with Gasteiger partial charge in [-0.25, -0.2) is 13.8 Å². The summed E-state index contributed by atoms with van der Waals surface area (Å²) in [7, 11) is 1.75. The predicted octanol–water partition coefficient (Wildman–Crippen LogP) is 4.27. The molecule has 0 saturated heterocycles. The molecule has 1 aliphatic carbocycles. The molecule has 0 atom stereocenters. The number of aromatic nitrogens is 4. The second-order valence-electron chi connectivity index (χ2n) is 8.57. The summed E-state index contributed by atoms with van der Waals surface area (Å²) in [6.07, 6.45) is 1.71. The van der Waals surface area contributed by atoms with E-state index in [1.54, 1.807) is 18.0 Å². The summed E-state index contributed by atoms with van der Waals surface area (Å²) in [4.78, 5) is 22.1. The molecule has 1 aliphatic rings. The monoisotopic (exact) mass is 415 g/mol. The quantitative estimate of drug-likeness (QED) is 0.636. The van der Waals surface area contributed by atoms with E-state index in [2.05, 4.69) is 15.1 Å². The van der Waals surface area contributed by atoms with Crippen LogP contribution in [0, 0.1) is 0 Å². The zero-order valence-electron chi connectivity index (χ0n) is 17.3. The summed E-state index contributed by atoms with van der Waals surface area (Å²) in [6.45, 7) is 6.08. The number of hydrogen-bond acceptors (Lipinski definition) is 5. The molecule has 0 aromatic carbocycles. The Bertz CT molecular complexity index is 1120. The number of alkyl halides is 2. The molecule has 9 heteroatoms. The highest BCUT2D eigenvalue weighted by atomic mass is 19.3. The number of carbonyl (C=O) groups is 1. The number of amides is 1. The molecule has 3 aromatic heterocycles. The van der Waals surface area contributed by atoms with Gasteiger partial charge in [-0.3, -0.25) is 4.79 Å². The highest BCUT2D eigenvalue weighted by Crippen LogP contribution is 2.34. The van der Waals surface area contributed by atoms with Gasteiger partial charge in [0.1, 0.15) is 17.8 Å². The van der Waals surface area contributed by atoms with Crippen LogP contribution < -0.4 is 0 Å². The van der Waals surface area contributed by atoms with Crippen LogP contribution in [0.1, 0.15) is 67.7 Å². The van der Waals surface area contributed by atoms with Gasteiger partial charge in [-0.15, -0.1) is 0 Å². The molecule has 0 N–H and O–H groups in total. The Hall–Kier alpha value is -3.10. The van der Waals surface area contributed by atoms with Gasteiger partial charge < -0.3 is 9.32 Å². The van der Waals surface area contributed by atoms with Gasteiger partial charge in [0.15, 0.2) is 5.76 Å². The van der Waals surface area contributed by atoms with Crippen molar-refractivity contribution >= 4 is 17.8 Å². The topological polar surface area (TPSA) is 76.5 Å². The average Bonchev–Trinajstić information content (AvgIpc) is 3.31. The lowest BCUT2D eigenvalue weighted by atomic mass is 9.84. The first kappa shape index (κ1) is 20.2. The molecular weight excluding hydrogens is 392 g/mol. The first-order valence-electron chi connectivity index (χ1n) is 9.69. The molecule has 3 aromatic rings. The van der Waals surface area contributed by atoms with Crippen molar-refractivity contribution in [1.29, 1.82) is 0 Å². The van der Waals surface area contributed by atoms with E-state index in [9.17, 15) is 13.6 Å². The Morgan fingerprint density at radius 1 is 1.33 bits per heavy atom. The molecule has 3 heterocycles. The zero-order chi connectivity index (χ0) is 21.6. The second kappa shape index (κ2) is 7.30. The summed E-state index contributed by atoms with van der Waals surface area (Å²) < 4.78 is 33.4. The van der Waals surface area contributed by atoms with Gasteiger partial charge in [-0.05, 0) is 37.1 Å². The van der Waals surface area contributed by atoms with Gasteiger partial charge in [0.2, 0.25) is 0 Å². The number of fused-ring (bicyclic) bond motifs is 1. The van der Waals surface area contributed by atoms with E-state index in [-0.39, 0.29) is 28.8 Å². The summed E-state index contributed by atoms with van der Waals surface area (Å²) >= 11 is 0. The summed E-state index contributed by atoms with van der Waals surface area (Å²) in [5.41, 5.74) is 1.03. The third kappa shape index (κ3) is 3.71. The van der Waals surface area contributed by atoms with Crippen molar-refractivity contribution < 1.29 is 18.0 Å². The average molecular weight is 415 g/mol. The van der Waals surface area contributed by atoms with Gasteiger partial charge in [0.25, 0.3) is 18.1 Å². The molecular formula is C21H23F2N5O2. The van der Waals surface area contributed by atoms with Crippen molar-refractivity contribution in [2.45, 2.75) is 51.5 Å². The SMILES string of the molecule is CN(C(=O)c1ccc(C(C)(C)C)o1)C1CC(=Cc2cc(C(F)F)nc3ncnn23)C1. The van der Waals surface area contributed by atoms with Crippen molar-refractivity contribution in [3.63, 3.8) is 0 Å². The number of furan rings is 1. The minimum Gasteiger partial charge on any atom is -0.455 e. The van der Waals surface area contributed by atoms with E-state index < -0.39 is 6.43 Å². The van der Waals surface area contributed by atoms with E-state index in [0.29, 0.717) is 24.3 Å². The summed E-state index contributed by atoms with van der Waals surface area (Å²) in [5.74, 6) is 1.05. The third-order valence-corrected chi connectivity index (χ3v) is 5.29. The molecule has 0 unspecified atom stereocenters. The van der Waals surface area contributed by atoms with Crippen molar-refractivity contribution in [2.75, 3.05) is 7.05 Å². The van der Waals surface area contributed by atoms with Crippen LogP contribution in [0.3, 0.4) is 0 Å². The van der Waals surface area contributed by atoms with E-state index in [1.165, 1.54) is 16.9 Å². The van der Waals surface area contributed by atoms with E-state index in [1.807, 2.05) is 32.9 Å². The number of halogens is 2. The highest BCUT2D eigenvalue weighted by molar-refractivity contribution is 5.91. The maximum atomic E-state index is 13.1. The summed E-state index contributed by atoms with van der Waals surface area (Å²) in [6, 6.07) is 4.88. The van der Waals surface area contributed by atoms with Crippen LogP contribution in [0.2, 0.25) is 0 Å². The lowest BCUT2D eigenvalue weighted by molar-refractivity contribution is 0.0663. The predicted molar refractivity (Wildman–Crippen MR) is 106 cm³/mol.